The van der Waals surface area contributed by atoms with Crippen LogP contribution in [0.25, 0.3) is 0 Å². The van der Waals surface area contributed by atoms with E-state index >= 15 is 0 Å². The average Bonchev–Trinajstić information content (AvgIpc) is 3.28. The van der Waals surface area contributed by atoms with Gasteiger partial charge in [-0.1, -0.05) is 6.07 Å². The Kier molecular flexibility index (Phi) is 6.49. The van der Waals surface area contributed by atoms with E-state index < -0.39 is 0 Å². The van der Waals surface area contributed by atoms with Crippen LogP contribution in [-0.4, -0.2) is 45.9 Å². The maximum atomic E-state index is 5.70. The zero-order valence-corrected chi connectivity index (χ0v) is 13.5. The highest BCUT2D eigenvalue weighted by atomic mass is 16.5. The van der Waals surface area contributed by atoms with Crippen molar-refractivity contribution in [3.05, 3.63) is 29.3 Å². The first kappa shape index (κ1) is 16.3. The first-order valence-electron chi connectivity index (χ1n) is 7.79. The Balaban J connectivity index is 1.81. The monoisotopic (exact) mass is 292 g/mol. The third kappa shape index (κ3) is 5.65. The summed E-state index contributed by atoms with van der Waals surface area (Å²) in [6, 6.07) is 6.38. The molecule has 1 aromatic rings. The lowest BCUT2D eigenvalue weighted by atomic mass is 10.1. The van der Waals surface area contributed by atoms with Crippen LogP contribution in [0.4, 0.5) is 0 Å². The minimum absolute atomic E-state index is 0.811. The van der Waals surface area contributed by atoms with Gasteiger partial charge in [0.1, 0.15) is 5.75 Å². The second kappa shape index (κ2) is 8.37. The molecule has 0 heterocycles. The molecule has 0 unspecified atom stereocenters. The van der Waals surface area contributed by atoms with Crippen LogP contribution < -0.4 is 10.1 Å². The summed E-state index contributed by atoms with van der Waals surface area (Å²) in [6.07, 6.45) is 2.70. The third-order valence-electron chi connectivity index (χ3n) is 3.83. The number of benzene rings is 1. The molecule has 0 aromatic heterocycles. The zero-order chi connectivity index (χ0) is 15.1. The quantitative estimate of drug-likeness (QED) is 0.671. The van der Waals surface area contributed by atoms with Crippen molar-refractivity contribution in [3.8, 4) is 5.75 Å². The van der Waals surface area contributed by atoms with Crippen molar-refractivity contribution in [2.24, 2.45) is 5.92 Å². The van der Waals surface area contributed by atoms with Gasteiger partial charge in [-0.05, 0) is 50.6 Å². The Hall–Kier alpha value is -1.10. The van der Waals surface area contributed by atoms with E-state index in [9.17, 15) is 0 Å². The number of rotatable bonds is 10. The van der Waals surface area contributed by atoms with Crippen LogP contribution in [0.5, 0.6) is 5.75 Å². The first-order valence-corrected chi connectivity index (χ1v) is 7.79. The third-order valence-corrected chi connectivity index (χ3v) is 3.83. The molecule has 21 heavy (non-hydrogen) atoms. The molecule has 4 nitrogen and oxygen atoms in total. The van der Waals surface area contributed by atoms with E-state index in [2.05, 4.69) is 35.5 Å². The molecular weight excluding hydrogens is 264 g/mol. The van der Waals surface area contributed by atoms with Gasteiger partial charge in [0, 0.05) is 31.8 Å². The molecule has 1 N–H and O–H groups in total. The molecule has 1 aliphatic carbocycles. The second-order valence-electron chi connectivity index (χ2n) is 5.93. The fourth-order valence-corrected chi connectivity index (χ4v) is 2.39. The van der Waals surface area contributed by atoms with Gasteiger partial charge in [-0.25, -0.2) is 0 Å². The smallest absolute Gasteiger partial charge is 0.123 e. The van der Waals surface area contributed by atoms with Crippen LogP contribution >= 0.6 is 0 Å². The predicted octanol–water partition coefficient (Wildman–Crippen LogP) is 2.27. The van der Waals surface area contributed by atoms with Crippen molar-refractivity contribution >= 4 is 0 Å². The van der Waals surface area contributed by atoms with Crippen molar-refractivity contribution in [2.75, 3.05) is 41.0 Å². The Bertz CT molecular complexity index is 433. The molecular formula is C17H28N2O2. The Morgan fingerprint density at radius 1 is 1.33 bits per heavy atom. The van der Waals surface area contributed by atoms with Crippen molar-refractivity contribution in [3.63, 3.8) is 0 Å². The summed E-state index contributed by atoms with van der Waals surface area (Å²) in [5.74, 6) is 1.80. The number of methoxy groups -OCH3 is 1. The van der Waals surface area contributed by atoms with Crippen LogP contribution in [0.2, 0.25) is 0 Å². The zero-order valence-electron chi connectivity index (χ0n) is 13.5. The van der Waals surface area contributed by atoms with Gasteiger partial charge in [0.2, 0.25) is 0 Å². The number of nitrogens with one attached hydrogen (secondary N) is 1. The standard InChI is InChI=1S/C17H28N2O2/c1-18-11-15-6-7-17(20-3)16(10-15)12-19(2)8-9-21-13-14-4-5-14/h6-7,10,14,18H,4-5,8-9,11-13H2,1-3H3. The Labute approximate surface area is 128 Å². The van der Waals surface area contributed by atoms with Gasteiger partial charge < -0.3 is 14.8 Å². The number of nitrogens with zero attached hydrogens (tertiary/aromatic N) is 1. The van der Waals surface area contributed by atoms with Crippen LogP contribution in [0.1, 0.15) is 24.0 Å². The minimum Gasteiger partial charge on any atom is -0.496 e. The molecule has 0 radical (unpaired) electrons. The molecule has 0 aliphatic heterocycles. The highest BCUT2D eigenvalue weighted by Gasteiger charge is 2.21. The summed E-state index contributed by atoms with van der Waals surface area (Å²) in [4.78, 5) is 2.29. The fraction of sp³-hybridized carbons (Fsp3) is 0.647. The highest BCUT2D eigenvalue weighted by Crippen LogP contribution is 2.28. The van der Waals surface area contributed by atoms with Gasteiger partial charge in [0.05, 0.1) is 13.7 Å². The first-order chi connectivity index (χ1) is 10.2. The molecule has 0 saturated heterocycles. The topological polar surface area (TPSA) is 33.7 Å². The fourth-order valence-electron chi connectivity index (χ4n) is 2.39. The lowest BCUT2D eigenvalue weighted by Crippen LogP contribution is -2.23. The lowest BCUT2D eigenvalue weighted by molar-refractivity contribution is 0.102. The Morgan fingerprint density at radius 2 is 2.14 bits per heavy atom. The molecule has 0 atom stereocenters. The summed E-state index contributed by atoms with van der Waals surface area (Å²) in [5, 5.41) is 3.19. The Morgan fingerprint density at radius 3 is 2.81 bits per heavy atom. The molecule has 0 amide bonds. The molecule has 1 aromatic carbocycles. The van der Waals surface area contributed by atoms with Crippen LogP contribution in [-0.2, 0) is 17.8 Å². The molecule has 4 heteroatoms. The highest BCUT2D eigenvalue weighted by molar-refractivity contribution is 5.37. The predicted molar refractivity (Wildman–Crippen MR) is 85.6 cm³/mol. The molecule has 1 aliphatic rings. The molecule has 1 fully saturated rings. The van der Waals surface area contributed by atoms with Gasteiger partial charge in [-0.2, -0.15) is 0 Å². The maximum Gasteiger partial charge on any atom is 0.123 e. The summed E-state index contributed by atoms with van der Waals surface area (Å²) >= 11 is 0. The lowest BCUT2D eigenvalue weighted by Gasteiger charge is -2.19. The summed E-state index contributed by atoms with van der Waals surface area (Å²) in [7, 11) is 5.83. The average molecular weight is 292 g/mol. The molecule has 2 rings (SSSR count). The molecule has 0 spiro atoms. The largest absolute Gasteiger partial charge is 0.496 e. The van der Waals surface area contributed by atoms with Crippen molar-refractivity contribution in [2.45, 2.75) is 25.9 Å². The van der Waals surface area contributed by atoms with Gasteiger partial charge >= 0.3 is 0 Å². The van der Waals surface area contributed by atoms with E-state index in [1.807, 2.05) is 7.05 Å². The molecule has 0 bridgehead atoms. The van der Waals surface area contributed by atoms with Crippen LogP contribution in [0.15, 0.2) is 18.2 Å². The number of likely N-dealkylation sites (N-methyl/N-ethyl adjacent to an activating group) is 1. The minimum atomic E-state index is 0.811. The van der Waals surface area contributed by atoms with Gasteiger partial charge in [-0.3, -0.25) is 4.90 Å². The van der Waals surface area contributed by atoms with E-state index in [1.165, 1.54) is 24.0 Å². The van der Waals surface area contributed by atoms with E-state index in [4.69, 9.17) is 9.47 Å². The SMILES string of the molecule is CNCc1ccc(OC)c(CN(C)CCOCC2CC2)c1. The number of hydrogen-bond donors (Lipinski definition) is 1. The van der Waals surface area contributed by atoms with E-state index in [0.717, 1.165) is 44.5 Å². The van der Waals surface area contributed by atoms with Crippen molar-refractivity contribution in [1.29, 1.82) is 0 Å². The maximum absolute atomic E-state index is 5.70. The van der Waals surface area contributed by atoms with Gasteiger partial charge in [-0.15, -0.1) is 0 Å². The van der Waals surface area contributed by atoms with Gasteiger partial charge in [0.15, 0.2) is 0 Å². The molecule has 1 saturated carbocycles. The van der Waals surface area contributed by atoms with Crippen LogP contribution in [0, 0.1) is 5.92 Å². The van der Waals surface area contributed by atoms with Crippen LogP contribution in [0.3, 0.4) is 0 Å². The van der Waals surface area contributed by atoms with Gasteiger partial charge in [0.25, 0.3) is 0 Å². The van der Waals surface area contributed by atoms with Crippen molar-refractivity contribution in [1.82, 2.24) is 10.2 Å². The summed E-state index contributed by atoms with van der Waals surface area (Å²) in [6.45, 7) is 4.46. The number of ether oxygens (including phenoxy) is 2. The normalized spacial score (nSPS) is 14.7. The molecule has 118 valence electrons. The van der Waals surface area contributed by atoms with Crippen molar-refractivity contribution < 1.29 is 9.47 Å². The summed E-state index contributed by atoms with van der Waals surface area (Å²) in [5.41, 5.74) is 2.52. The second-order valence-corrected chi connectivity index (χ2v) is 5.93. The summed E-state index contributed by atoms with van der Waals surface area (Å²) < 4.78 is 11.2. The number of hydrogen-bond acceptors (Lipinski definition) is 4. The van der Waals surface area contributed by atoms with E-state index in [0.29, 0.717) is 0 Å². The van der Waals surface area contributed by atoms with E-state index in [1.54, 1.807) is 7.11 Å². The van der Waals surface area contributed by atoms with E-state index in [-0.39, 0.29) is 0 Å².